The van der Waals surface area contributed by atoms with E-state index in [0.29, 0.717) is 0 Å². The van der Waals surface area contributed by atoms with Crippen molar-refractivity contribution in [2.24, 2.45) is 10.2 Å². The summed E-state index contributed by atoms with van der Waals surface area (Å²) < 4.78 is 0. The zero-order valence-electron chi connectivity index (χ0n) is 6.33. The highest BCUT2D eigenvalue weighted by molar-refractivity contribution is 4.73. The van der Waals surface area contributed by atoms with E-state index in [4.69, 9.17) is 0 Å². The third-order valence-corrected chi connectivity index (χ3v) is 0.364. The Morgan fingerprint density at radius 1 is 1.22 bits per heavy atom. The number of azo groups is 1. The molecule has 0 rings (SSSR count). The molecule has 52 valence electrons. The molecular formula is C7H14N2. The molecule has 0 aromatic carbocycles. The minimum absolute atomic E-state index is 1.39. The maximum atomic E-state index is 3.53. The molecule has 0 spiro atoms. The van der Waals surface area contributed by atoms with Crippen LogP contribution in [0, 0.1) is 0 Å². The molecule has 0 aliphatic heterocycles. The highest BCUT2D eigenvalue weighted by atomic mass is 15.1. The quantitative estimate of drug-likeness (QED) is 0.508. The first-order valence-corrected chi connectivity index (χ1v) is 3.04. The fraction of sp³-hybridized carbons (Fsp3) is 0.429. The van der Waals surface area contributed by atoms with Gasteiger partial charge in [0.05, 0.1) is 0 Å². The SMILES string of the molecule is C=CN=NC=CC.CC. The summed E-state index contributed by atoms with van der Waals surface area (Å²) in [6, 6.07) is 0. The Balaban J connectivity index is 0. The van der Waals surface area contributed by atoms with Gasteiger partial charge in [0.15, 0.2) is 0 Å². The summed E-state index contributed by atoms with van der Waals surface area (Å²) in [4.78, 5) is 0. The molecule has 0 saturated heterocycles. The zero-order chi connectivity index (χ0) is 7.54. The van der Waals surface area contributed by atoms with Crippen LogP contribution in [0.3, 0.4) is 0 Å². The topological polar surface area (TPSA) is 24.7 Å². The van der Waals surface area contributed by atoms with Crippen LogP contribution in [0.25, 0.3) is 0 Å². The minimum atomic E-state index is 1.39. The Kier molecular flexibility index (Phi) is 19.1. The lowest BCUT2D eigenvalue weighted by atomic mass is 10.7. The van der Waals surface area contributed by atoms with Gasteiger partial charge in [0, 0.05) is 12.4 Å². The fourth-order valence-corrected chi connectivity index (χ4v) is 0.152. The van der Waals surface area contributed by atoms with Crippen LogP contribution in [-0.2, 0) is 0 Å². The molecule has 0 aromatic rings. The second-order valence-electron chi connectivity index (χ2n) is 0.896. The van der Waals surface area contributed by atoms with Crippen molar-refractivity contribution in [1.82, 2.24) is 0 Å². The lowest BCUT2D eigenvalue weighted by Gasteiger charge is -1.65. The first kappa shape index (κ1) is 11.0. The first-order valence-electron chi connectivity index (χ1n) is 3.04. The van der Waals surface area contributed by atoms with Crippen molar-refractivity contribution in [3.05, 3.63) is 25.1 Å². The van der Waals surface area contributed by atoms with E-state index in [0.717, 1.165) is 0 Å². The molecule has 0 bridgehead atoms. The van der Waals surface area contributed by atoms with E-state index in [1.807, 2.05) is 20.8 Å². The van der Waals surface area contributed by atoms with Gasteiger partial charge in [-0.1, -0.05) is 26.5 Å². The van der Waals surface area contributed by atoms with E-state index in [-0.39, 0.29) is 0 Å². The van der Waals surface area contributed by atoms with Gasteiger partial charge in [-0.2, -0.15) is 10.2 Å². The predicted molar refractivity (Wildman–Crippen MR) is 41.2 cm³/mol. The maximum Gasteiger partial charge on any atom is 0.0452 e. The predicted octanol–water partition coefficient (Wildman–Crippen LogP) is 3.14. The monoisotopic (exact) mass is 126 g/mol. The fourth-order valence-electron chi connectivity index (χ4n) is 0.152. The highest BCUT2D eigenvalue weighted by Gasteiger charge is 1.52. The third-order valence-electron chi connectivity index (χ3n) is 0.364. The molecule has 0 unspecified atom stereocenters. The lowest BCUT2D eigenvalue weighted by Crippen LogP contribution is -1.41. The molecule has 0 aliphatic rings. The third kappa shape index (κ3) is 19.3. The maximum absolute atomic E-state index is 3.53. The molecule has 0 N–H and O–H groups in total. The van der Waals surface area contributed by atoms with E-state index in [1.165, 1.54) is 6.20 Å². The standard InChI is InChI=1S/C5H8N2.C2H6/c1-3-5-7-6-4-2;1-2/h3-5H,2H2,1H3;1-2H3. The number of hydrogen-bond acceptors (Lipinski definition) is 2. The second-order valence-corrected chi connectivity index (χ2v) is 0.896. The molecule has 9 heavy (non-hydrogen) atoms. The molecule has 0 aromatic heterocycles. The number of hydrogen-bond donors (Lipinski definition) is 0. The van der Waals surface area contributed by atoms with Gasteiger partial charge >= 0.3 is 0 Å². The second kappa shape index (κ2) is 15.7. The van der Waals surface area contributed by atoms with Crippen LogP contribution in [0.2, 0.25) is 0 Å². The molecule has 0 atom stereocenters. The average molecular weight is 126 g/mol. The van der Waals surface area contributed by atoms with Gasteiger partial charge in [-0.15, -0.1) is 0 Å². The van der Waals surface area contributed by atoms with Gasteiger partial charge in [0.25, 0.3) is 0 Å². The van der Waals surface area contributed by atoms with Gasteiger partial charge in [-0.25, -0.2) is 0 Å². The molecule has 0 fully saturated rings. The Labute approximate surface area is 57.0 Å². The molecule has 0 amide bonds. The Morgan fingerprint density at radius 3 is 2.11 bits per heavy atom. The molecular weight excluding hydrogens is 112 g/mol. The zero-order valence-corrected chi connectivity index (χ0v) is 6.33. The molecule has 0 radical (unpaired) electrons. The first-order chi connectivity index (χ1) is 4.41. The lowest BCUT2D eigenvalue weighted by molar-refractivity contribution is 1.22. The van der Waals surface area contributed by atoms with E-state index in [2.05, 4.69) is 16.8 Å². The van der Waals surface area contributed by atoms with Gasteiger partial charge in [-0.05, 0) is 6.92 Å². The largest absolute Gasteiger partial charge is 0.160 e. The number of nitrogens with zero attached hydrogens (tertiary/aromatic N) is 2. The van der Waals surface area contributed by atoms with Crippen molar-refractivity contribution in [3.63, 3.8) is 0 Å². The molecule has 2 nitrogen and oxygen atoms in total. The Morgan fingerprint density at radius 2 is 1.78 bits per heavy atom. The summed E-state index contributed by atoms with van der Waals surface area (Å²) >= 11 is 0. The van der Waals surface area contributed by atoms with Crippen molar-refractivity contribution in [2.75, 3.05) is 0 Å². The van der Waals surface area contributed by atoms with Crippen LogP contribution < -0.4 is 0 Å². The Bertz CT molecular complexity index is 93.1. The van der Waals surface area contributed by atoms with Crippen molar-refractivity contribution in [2.45, 2.75) is 20.8 Å². The van der Waals surface area contributed by atoms with Crippen molar-refractivity contribution in [1.29, 1.82) is 0 Å². The van der Waals surface area contributed by atoms with Crippen LogP contribution in [0.15, 0.2) is 35.3 Å². The summed E-state index contributed by atoms with van der Waals surface area (Å²) in [6.07, 6.45) is 4.79. The number of rotatable bonds is 2. The summed E-state index contributed by atoms with van der Waals surface area (Å²) in [5, 5.41) is 7.00. The van der Waals surface area contributed by atoms with Gasteiger partial charge in [0.2, 0.25) is 0 Å². The molecule has 2 heteroatoms. The summed E-state index contributed by atoms with van der Waals surface area (Å²) in [5.41, 5.74) is 0. The van der Waals surface area contributed by atoms with E-state index < -0.39 is 0 Å². The van der Waals surface area contributed by atoms with Crippen molar-refractivity contribution in [3.8, 4) is 0 Å². The van der Waals surface area contributed by atoms with Crippen LogP contribution in [0.1, 0.15) is 20.8 Å². The molecule has 0 saturated carbocycles. The van der Waals surface area contributed by atoms with Crippen LogP contribution in [0.5, 0.6) is 0 Å². The van der Waals surface area contributed by atoms with Crippen LogP contribution in [0.4, 0.5) is 0 Å². The summed E-state index contributed by atoms with van der Waals surface area (Å²) in [6.45, 7) is 9.22. The van der Waals surface area contributed by atoms with Crippen molar-refractivity contribution >= 4 is 0 Å². The van der Waals surface area contributed by atoms with Gasteiger partial charge in [-0.3, -0.25) is 0 Å². The van der Waals surface area contributed by atoms with Gasteiger partial charge < -0.3 is 0 Å². The smallest absolute Gasteiger partial charge is 0.0452 e. The summed E-state index contributed by atoms with van der Waals surface area (Å²) in [7, 11) is 0. The van der Waals surface area contributed by atoms with E-state index in [9.17, 15) is 0 Å². The van der Waals surface area contributed by atoms with E-state index in [1.54, 1.807) is 12.3 Å². The minimum Gasteiger partial charge on any atom is -0.160 e. The van der Waals surface area contributed by atoms with Crippen LogP contribution in [-0.4, -0.2) is 0 Å². The summed E-state index contributed by atoms with van der Waals surface area (Å²) in [5.74, 6) is 0. The molecule has 0 heterocycles. The van der Waals surface area contributed by atoms with Crippen molar-refractivity contribution < 1.29 is 0 Å². The average Bonchev–Trinajstić information content (AvgIpc) is 1.94. The Hall–Kier alpha value is -0.920. The van der Waals surface area contributed by atoms with E-state index >= 15 is 0 Å². The highest BCUT2D eigenvalue weighted by Crippen LogP contribution is 1.75. The van der Waals surface area contributed by atoms with Gasteiger partial charge in [0.1, 0.15) is 0 Å². The number of allylic oxidation sites excluding steroid dienone is 1. The van der Waals surface area contributed by atoms with Crippen LogP contribution >= 0.6 is 0 Å². The normalized spacial score (nSPS) is 9.22. The molecule has 0 aliphatic carbocycles.